The minimum atomic E-state index is 0.541. The maximum Gasteiger partial charge on any atom is 0.103 e. The highest BCUT2D eigenvalue weighted by atomic mass is 32.2. The summed E-state index contributed by atoms with van der Waals surface area (Å²) in [6, 6.07) is 9.73. The van der Waals surface area contributed by atoms with E-state index in [0.717, 1.165) is 22.6 Å². The van der Waals surface area contributed by atoms with Crippen molar-refractivity contribution in [2.45, 2.75) is 50.1 Å². The van der Waals surface area contributed by atoms with Crippen molar-refractivity contribution in [2.75, 3.05) is 11.2 Å². The number of nitrogens with zero attached hydrogens (tertiary/aromatic N) is 2. The fraction of sp³-hybridized carbons (Fsp3) is 0.533. The summed E-state index contributed by atoms with van der Waals surface area (Å²) in [4.78, 5) is 3.54. The van der Waals surface area contributed by atoms with Crippen LogP contribution in [0.25, 0.3) is 0 Å². The SMILES string of the molecule is CCC1CCC(C)N1c1cccc(SC)c1C#N. The van der Waals surface area contributed by atoms with E-state index >= 15 is 0 Å². The Balaban J connectivity index is 2.47. The Morgan fingerprint density at radius 1 is 1.44 bits per heavy atom. The first-order chi connectivity index (χ1) is 8.72. The predicted octanol–water partition coefficient (Wildman–Crippen LogP) is 4.05. The van der Waals surface area contributed by atoms with Gasteiger partial charge in [-0.25, -0.2) is 0 Å². The second-order valence-corrected chi connectivity index (χ2v) is 5.71. The van der Waals surface area contributed by atoms with Gasteiger partial charge in [-0.1, -0.05) is 13.0 Å². The summed E-state index contributed by atoms with van der Waals surface area (Å²) in [6.45, 7) is 4.50. The van der Waals surface area contributed by atoms with Gasteiger partial charge in [0.1, 0.15) is 6.07 Å². The van der Waals surface area contributed by atoms with E-state index in [1.54, 1.807) is 11.8 Å². The van der Waals surface area contributed by atoms with Crippen molar-refractivity contribution >= 4 is 17.4 Å². The zero-order valence-electron chi connectivity index (χ0n) is 11.3. The Morgan fingerprint density at radius 2 is 2.22 bits per heavy atom. The number of thioether (sulfide) groups is 1. The molecule has 1 aliphatic heterocycles. The molecule has 0 N–H and O–H groups in total. The van der Waals surface area contributed by atoms with Crippen LogP contribution in [0.2, 0.25) is 0 Å². The van der Waals surface area contributed by atoms with Gasteiger partial charge in [0.25, 0.3) is 0 Å². The highest BCUT2D eigenvalue weighted by Gasteiger charge is 2.31. The van der Waals surface area contributed by atoms with Gasteiger partial charge in [0.15, 0.2) is 0 Å². The maximum atomic E-state index is 9.45. The molecule has 0 aliphatic carbocycles. The van der Waals surface area contributed by atoms with Gasteiger partial charge in [-0.3, -0.25) is 0 Å². The van der Waals surface area contributed by atoms with Crippen LogP contribution in [0.15, 0.2) is 23.1 Å². The summed E-state index contributed by atoms with van der Waals surface area (Å²) in [5.74, 6) is 0. The zero-order valence-corrected chi connectivity index (χ0v) is 12.1. The van der Waals surface area contributed by atoms with Crippen LogP contribution in [-0.4, -0.2) is 18.3 Å². The van der Waals surface area contributed by atoms with E-state index in [1.807, 2.05) is 12.3 Å². The van der Waals surface area contributed by atoms with E-state index in [-0.39, 0.29) is 0 Å². The molecule has 2 rings (SSSR count). The predicted molar refractivity (Wildman–Crippen MR) is 78.2 cm³/mol. The molecule has 1 aromatic rings. The Morgan fingerprint density at radius 3 is 2.83 bits per heavy atom. The van der Waals surface area contributed by atoms with Crippen molar-refractivity contribution in [3.8, 4) is 6.07 Å². The van der Waals surface area contributed by atoms with Crippen molar-refractivity contribution in [3.05, 3.63) is 23.8 Å². The van der Waals surface area contributed by atoms with Crippen molar-refractivity contribution < 1.29 is 0 Å². The lowest BCUT2D eigenvalue weighted by molar-refractivity contribution is 0.627. The van der Waals surface area contributed by atoms with Gasteiger partial charge in [0, 0.05) is 17.0 Å². The Hall–Kier alpha value is -1.14. The second kappa shape index (κ2) is 5.67. The third kappa shape index (κ3) is 2.22. The van der Waals surface area contributed by atoms with Gasteiger partial charge in [0.2, 0.25) is 0 Å². The third-order valence-corrected chi connectivity index (χ3v) is 4.65. The Bertz CT molecular complexity index is 464. The summed E-state index contributed by atoms with van der Waals surface area (Å²) < 4.78 is 0. The van der Waals surface area contributed by atoms with E-state index in [2.05, 4.69) is 36.9 Å². The first-order valence-electron chi connectivity index (χ1n) is 6.58. The van der Waals surface area contributed by atoms with E-state index in [4.69, 9.17) is 0 Å². The highest BCUT2D eigenvalue weighted by molar-refractivity contribution is 7.98. The van der Waals surface area contributed by atoms with Crippen LogP contribution in [0, 0.1) is 11.3 Å². The molecule has 0 aromatic heterocycles. The minimum absolute atomic E-state index is 0.541. The highest BCUT2D eigenvalue weighted by Crippen LogP contribution is 2.36. The van der Waals surface area contributed by atoms with Crippen molar-refractivity contribution in [1.29, 1.82) is 5.26 Å². The lowest BCUT2D eigenvalue weighted by atomic mass is 10.1. The standard InChI is InChI=1S/C15H20N2S/c1-4-12-9-8-11(2)17(12)14-6-5-7-15(18-3)13(14)10-16/h5-7,11-12H,4,8-9H2,1-3H3. The van der Waals surface area contributed by atoms with Crippen molar-refractivity contribution in [3.63, 3.8) is 0 Å². The summed E-state index contributed by atoms with van der Waals surface area (Å²) >= 11 is 1.65. The van der Waals surface area contributed by atoms with E-state index in [0.29, 0.717) is 12.1 Å². The Kier molecular flexibility index (Phi) is 4.19. The van der Waals surface area contributed by atoms with Gasteiger partial charge < -0.3 is 4.90 Å². The zero-order chi connectivity index (χ0) is 13.1. The molecule has 2 atom stereocenters. The van der Waals surface area contributed by atoms with E-state index in [9.17, 15) is 5.26 Å². The molecule has 2 unspecified atom stereocenters. The molecule has 1 saturated heterocycles. The lowest BCUT2D eigenvalue weighted by Gasteiger charge is -2.31. The third-order valence-electron chi connectivity index (χ3n) is 3.87. The molecular formula is C15H20N2S. The molecule has 18 heavy (non-hydrogen) atoms. The summed E-state index contributed by atoms with van der Waals surface area (Å²) in [7, 11) is 0. The molecule has 0 saturated carbocycles. The number of hydrogen-bond acceptors (Lipinski definition) is 3. The molecule has 1 heterocycles. The van der Waals surface area contributed by atoms with Gasteiger partial charge in [-0.2, -0.15) is 5.26 Å². The molecule has 0 amide bonds. The number of hydrogen-bond donors (Lipinski definition) is 0. The molecular weight excluding hydrogens is 240 g/mol. The van der Waals surface area contributed by atoms with Crippen LogP contribution in [0.3, 0.4) is 0 Å². The van der Waals surface area contributed by atoms with Gasteiger partial charge in [0.05, 0.1) is 11.3 Å². The fourth-order valence-electron chi connectivity index (χ4n) is 2.92. The van der Waals surface area contributed by atoms with E-state index < -0.39 is 0 Å². The van der Waals surface area contributed by atoms with Crippen LogP contribution in [-0.2, 0) is 0 Å². The van der Waals surface area contributed by atoms with Gasteiger partial charge in [-0.15, -0.1) is 11.8 Å². The summed E-state index contributed by atoms with van der Waals surface area (Å²) in [5, 5.41) is 9.45. The van der Waals surface area contributed by atoms with Crippen molar-refractivity contribution in [1.82, 2.24) is 0 Å². The average Bonchev–Trinajstić information content (AvgIpc) is 2.78. The molecule has 1 fully saturated rings. The number of benzene rings is 1. The first kappa shape index (κ1) is 13.3. The number of anilines is 1. The second-order valence-electron chi connectivity index (χ2n) is 4.86. The number of nitriles is 1. The van der Waals surface area contributed by atoms with Crippen LogP contribution in [0.5, 0.6) is 0 Å². The smallest absolute Gasteiger partial charge is 0.103 e. The average molecular weight is 260 g/mol. The lowest BCUT2D eigenvalue weighted by Crippen LogP contribution is -2.34. The van der Waals surface area contributed by atoms with Gasteiger partial charge in [-0.05, 0) is 44.6 Å². The maximum absolute atomic E-state index is 9.45. The normalized spacial score (nSPS) is 23.1. The van der Waals surface area contributed by atoms with Crippen LogP contribution < -0.4 is 4.90 Å². The minimum Gasteiger partial charge on any atom is -0.365 e. The van der Waals surface area contributed by atoms with Crippen LogP contribution >= 0.6 is 11.8 Å². The molecule has 2 nitrogen and oxygen atoms in total. The monoisotopic (exact) mass is 260 g/mol. The summed E-state index contributed by atoms with van der Waals surface area (Å²) in [6.07, 6.45) is 5.66. The largest absolute Gasteiger partial charge is 0.365 e. The molecule has 3 heteroatoms. The molecule has 0 radical (unpaired) electrons. The Labute approximate surface area is 114 Å². The topological polar surface area (TPSA) is 27.0 Å². The van der Waals surface area contributed by atoms with Crippen LogP contribution in [0.4, 0.5) is 5.69 Å². The molecule has 0 bridgehead atoms. The summed E-state index contributed by atoms with van der Waals surface area (Å²) in [5.41, 5.74) is 1.97. The fourth-order valence-corrected chi connectivity index (χ4v) is 3.49. The quantitative estimate of drug-likeness (QED) is 0.767. The van der Waals surface area contributed by atoms with E-state index in [1.165, 1.54) is 12.8 Å². The van der Waals surface area contributed by atoms with Crippen LogP contribution in [0.1, 0.15) is 38.7 Å². The van der Waals surface area contributed by atoms with Gasteiger partial charge >= 0.3 is 0 Å². The first-order valence-corrected chi connectivity index (χ1v) is 7.80. The molecule has 0 spiro atoms. The molecule has 96 valence electrons. The molecule has 1 aromatic carbocycles. The number of rotatable bonds is 3. The van der Waals surface area contributed by atoms with Crippen molar-refractivity contribution in [2.24, 2.45) is 0 Å². The molecule has 1 aliphatic rings.